The summed E-state index contributed by atoms with van der Waals surface area (Å²) in [5, 5.41) is 2.52. The smallest absolute Gasteiger partial charge is 0.327 e. The molecule has 0 saturated carbocycles. The number of carbonyl (C=O) groups is 1. The molecular formula is C17H13F3N4O. The largest absolute Gasteiger partial charge is 0.416 e. The molecule has 3 aromatic rings. The number of nitrogens with zero attached hydrogens (tertiary/aromatic N) is 3. The van der Waals surface area contributed by atoms with Crippen molar-refractivity contribution < 1.29 is 18.0 Å². The number of fused-ring (bicyclic) bond motifs is 1. The second-order valence-corrected chi connectivity index (χ2v) is 5.30. The summed E-state index contributed by atoms with van der Waals surface area (Å²) in [4.78, 5) is 19.8. The summed E-state index contributed by atoms with van der Waals surface area (Å²) >= 11 is 0. The van der Waals surface area contributed by atoms with Crippen molar-refractivity contribution in [3.8, 4) is 0 Å². The lowest BCUT2D eigenvalue weighted by Crippen LogP contribution is -2.09. The first-order valence-electron chi connectivity index (χ1n) is 7.28. The first-order chi connectivity index (χ1) is 11.9. The number of amides is 1. The predicted molar refractivity (Wildman–Crippen MR) is 86.9 cm³/mol. The summed E-state index contributed by atoms with van der Waals surface area (Å²) in [5.41, 5.74) is 1.15. The number of hydrogen-bond acceptors (Lipinski definition) is 3. The van der Waals surface area contributed by atoms with E-state index in [-0.39, 0.29) is 0 Å². The van der Waals surface area contributed by atoms with E-state index in [0.29, 0.717) is 29.1 Å². The molecule has 2 aromatic heterocycles. The minimum Gasteiger partial charge on any atom is -0.327 e. The van der Waals surface area contributed by atoms with Crippen molar-refractivity contribution in [2.75, 3.05) is 5.32 Å². The lowest BCUT2D eigenvalue weighted by molar-refractivity contribution is -0.137. The minimum atomic E-state index is -4.35. The Labute approximate surface area is 140 Å². The number of aromatic nitrogens is 3. The van der Waals surface area contributed by atoms with Crippen LogP contribution in [0.5, 0.6) is 0 Å². The highest BCUT2D eigenvalue weighted by atomic mass is 19.4. The topological polar surface area (TPSA) is 59.8 Å². The van der Waals surface area contributed by atoms with Crippen molar-refractivity contribution >= 4 is 22.9 Å². The van der Waals surface area contributed by atoms with Gasteiger partial charge in [0.25, 0.3) is 0 Å². The van der Waals surface area contributed by atoms with Crippen LogP contribution in [0.4, 0.5) is 19.0 Å². The first-order valence-corrected chi connectivity index (χ1v) is 7.28. The van der Waals surface area contributed by atoms with Crippen LogP contribution in [-0.4, -0.2) is 20.4 Å². The lowest BCUT2D eigenvalue weighted by Gasteiger charge is -2.09. The first kappa shape index (κ1) is 16.7. The molecule has 0 unspecified atom stereocenters. The highest BCUT2D eigenvalue weighted by Crippen LogP contribution is 2.29. The van der Waals surface area contributed by atoms with Crippen molar-refractivity contribution in [1.82, 2.24) is 14.5 Å². The average Bonchev–Trinajstić information content (AvgIpc) is 2.96. The van der Waals surface area contributed by atoms with Crippen molar-refractivity contribution in [3.63, 3.8) is 0 Å². The van der Waals surface area contributed by atoms with E-state index in [4.69, 9.17) is 0 Å². The van der Waals surface area contributed by atoms with Crippen LogP contribution in [0.1, 0.15) is 11.1 Å². The van der Waals surface area contributed by atoms with Gasteiger partial charge in [-0.1, -0.05) is 18.7 Å². The molecule has 0 fully saturated rings. The highest BCUT2D eigenvalue weighted by Gasteiger charge is 2.29. The molecule has 0 saturated heterocycles. The van der Waals surface area contributed by atoms with E-state index in [1.54, 1.807) is 16.8 Å². The molecule has 3 rings (SSSR count). The fourth-order valence-corrected chi connectivity index (χ4v) is 2.32. The maximum Gasteiger partial charge on any atom is 0.416 e. The van der Waals surface area contributed by atoms with Gasteiger partial charge < -0.3 is 9.88 Å². The second kappa shape index (κ2) is 6.39. The quantitative estimate of drug-likeness (QED) is 0.734. The van der Waals surface area contributed by atoms with Crippen LogP contribution in [0.25, 0.3) is 11.2 Å². The number of rotatable bonds is 4. The number of benzene rings is 1. The number of alkyl halides is 3. The van der Waals surface area contributed by atoms with Gasteiger partial charge in [0.2, 0.25) is 5.91 Å². The number of hydrogen-bond donors (Lipinski definition) is 1. The normalized spacial score (nSPS) is 11.5. The van der Waals surface area contributed by atoms with E-state index < -0.39 is 17.6 Å². The third kappa shape index (κ3) is 3.68. The molecule has 0 aliphatic rings. The molecule has 0 radical (unpaired) electrons. The molecule has 5 nitrogen and oxygen atoms in total. The summed E-state index contributed by atoms with van der Waals surface area (Å²) < 4.78 is 39.6. The molecule has 0 bridgehead atoms. The van der Waals surface area contributed by atoms with Crippen molar-refractivity contribution in [3.05, 3.63) is 66.5 Å². The molecule has 0 aliphatic carbocycles. The molecular weight excluding hydrogens is 333 g/mol. The Bertz CT molecular complexity index is 929. The summed E-state index contributed by atoms with van der Waals surface area (Å²) in [6.07, 6.45) is -0.0769. The predicted octanol–water partition coefficient (Wildman–Crippen LogP) is 3.62. The van der Waals surface area contributed by atoms with Gasteiger partial charge in [0.1, 0.15) is 5.52 Å². The zero-order valence-corrected chi connectivity index (χ0v) is 12.9. The van der Waals surface area contributed by atoms with Crippen LogP contribution in [-0.2, 0) is 17.5 Å². The van der Waals surface area contributed by atoms with Crippen LogP contribution in [0, 0.1) is 0 Å². The zero-order valence-electron chi connectivity index (χ0n) is 12.9. The number of carbonyl (C=O) groups excluding carboxylic acids is 1. The second-order valence-electron chi connectivity index (χ2n) is 5.30. The van der Waals surface area contributed by atoms with Gasteiger partial charge >= 0.3 is 6.18 Å². The van der Waals surface area contributed by atoms with Crippen molar-refractivity contribution in [2.24, 2.45) is 0 Å². The summed E-state index contributed by atoms with van der Waals surface area (Å²) in [7, 11) is 0. The molecule has 1 N–H and O–H groups in total. The Hall–Kier alpha value is -3.16. The van der Waals surface area contributed by atoms with Crippen LogP contribution >= 0.6 is 0 Å². The maximum absolute atomic E-state index is 12.6. The van der Waals surface area contributed by atoms with Crippen LogP contribution in [0.2, 0.25) is 0 Å². The van der Waals surface area contributed by atoms with Crippen LogP contribution in [0.15, 0.2) is 55.4 Å². The van der Waals surface area contributed by atoms with Gasteiger partial charge in [-0.25, -0.2) is 9.97 Å². The molecule has 25 heavy (non-hydrogen) atoms. The summed E-state index contributed by atoms with van der Waals surface area (Å²) in [6, 6.07) is 6.68. The van der Waals surface area contributed by atoms with E-state index in [9.17, 15) is 18.0 Å². The van der Waals surface area contributed by atoms with Gasteiger partial charge in [0.15, 0.2) is 11.5 Å². The Balaban J connectivity index is 1.82. The third-order valence-corrected chi connectivity index (χ3v) is 3.53. The Morgan fingerprint density at radius 2 is 1.96 bits per heavy atom. The van der Waals surface area contributed by atoms with Crippen LogP contribution < -0.4 is 5.32 Å². The number of nitrogens with one attached hydrogen (secondary N) is 1. The van der Waals surface area contributed by atoms with Gasteiger partial charge in [0, 0.05) is 12.7 Å². The summed E-state index contributed by atoms with van der Waals surface area (Å²) in [6.45, 7) is 3.71. The molecule has 8 heteroatoms. The van der Waals surface area contributed by atoms with Gasteiger partial charge in [-0.3, -0.25) is 4.79 Å². The summed E-state index contributed by atoms with van der Waals surface area (Å²) in [5.74, 6) is -0.0949. The zero-order chi connectivity index (χ0) is 18.0. The molecule has 0 spiro atoms. The Kier molecular flexibility index (Phi) is 4.26. The molecule has 0 aliphatic heterocycles. The maximum atomic E-state index is 12.6. The van der Waals surface area contributed by atoms with Gasteiger partial charge in [-0.2, -0.15) is 13.2 Å². The average molecular weight is 346 g/mol. The molecule has 0 atom stereocenters. The van der Waals surface area contributed by atoms with Crippen molar-refractivity contribution in [2.45, 2.75) is 12.7 Å². The molecule has 2 heterocycles. The fraction of sp³-hybridized carbons (Fsp3) is 0.118. The standard InChI is InChI=1S/C17H13F3N4O/c1-2-15(25)23-14-9-21-16-13(22-14)7-8-24(16)10-11-3-5-12(6-4-11)17(18,19)20/h2-9H,1,10H2,(H,22,23,25). The van der Waals surface area contributed by atoms with Gasteiger partial charge in [-0.15, -0.1) is 0 Å². The van der Waals surface area contributed by atoms with Crippen molar-refractivity contribution in [1.29, 1.82) is 0 Å². The monoisotopic (exact) mass is 346 g/mol. The van der Waals surface area contributed by atoms with Gasteiger partial charge in [0.05, 0.1) is 11.8 Å². The fourth-order valence-electron chi connectivity index (χ4n) is 2.32. The SMILES string of the molecule is C=CC(=O)Nc1cnc2c(ccn2Cc2ccc(C(F)(F)F)cc2)n1. The molecule has 1 aromatic carbocycles. The number of anilines is 1. The highest BCUT2D eigenvalue weighted by molar-refractivity contribution is 5.98. The number of halogens is 3. The van der Waals surface area contributed by atoms with E-state index in [1.165, 1.54) is 18.3 Å². The van der Waals surface area contributed by atoms with E-state index in [2.05, 4.69) is 21.9 Å². The lowest BCUT2D eigenvalue weighted by atomic mass is 10.1. The molecule has 1 amide bonds. The Morgan fingerprint density at radius 3 is 2.60 bits per heavy atom. The van der Waals surface area contributed by atoms with E-state index in [0.717, 1.165) is 18.2 Å². The third-order valence-electron chi connectivity index (χ3n) is 3.53. The van der Waals surface area contributed by atoms with E-state index >= 15 is 0 Å². The van der Waals surface area contributed by atoms with Crippen LogP contribution in [0.3, 0.4) is 0 Å². The Morgan fingerprint density at radius 1 is 1.24 bits per heavy atom. The van der Waals surface area contributed by atoms with Gasteiger partial charge in [-0.05, 0) is 29.8 Å². The van der Waals surface area contributed by atoms with E-state index in [1.807, 2.05) is 0 Å². The molecule has 128 valence electrons. The minimum absolute atomic E-state index is 0.296.